The van der Waals surface area contributed by atoms with Crippen LogP contribution in [0.4, 0.5) is 11.4 Å². The Balaban J connectivity index is 2.00. The van der Waals surface area contributed by atoms with E-state index in [-0.39, 0.29) is 28.9 Å². The number of carbonyl (C=O) groups excluding carboxylic acids is 1. The molecule has 0 aliphatic rings. The molecule has 162 valence electrons. The molecule has 2 rings (SSSR count). The molecule has 0 fully saturated rings. The minimum Gasteiger partial charge on any atom is -0.383 e. The molecule has 0 heterocycles. The predicted molar refractivity (Wildman–Crippen MR) is 115 cm³/mol. The Bertz CT molecular complexity index is 996. The summed E-state index contributed by atoms with van der Waals surface area (Å²) >= 11 is 0. The highest BCUT2D eigenvalue weighted by atomic mass is 32.2. The van der Waals surface area contributed by atoms with Crippen LogP contribution in [0.5, 0.6) is 0 Å². The van der Waals surface area contributed by atoms with Crippen LogP contribution in [0.2, 0.25) is 0 Å². The first-order valence-electron chi connectivity index (χ1n) is 9.41. The molecule has 30 heavy (non-hydrogen) atoms. The number of nitrogens with one attached hydrogen (secondary N) is 2. The Morgan fingerprint density at radius 3 is 2.47 bits per heavy atom. The summed E-state index contributed by atoms with van der Waals surface area (Å²) in [6.07, 6.45) is 1.50. The van der Waals surface area contributed by atoms with Gasteiger partial charge in [-0.3, -0.25) is 14.9 Å². The highest BCUT2D eigenvalue weighted by molar-refractivity contribution is 7.89. The van der Waals surface area contributed by atoms with Crippen LogP contribution in [-0.4, -0.2) is 50.2 Å². The lowest BCUT2D eigenvalue weighted by atomic mass is 10.1. The smallest absolute Gasteiger partial charge is 0.293 e. The summed E-state index contributed by atoms with van der Waals surface area (Å²) in [5.74, 6) is -0.442. The van der Waals surface area contributed by atoms with Gasteiger partial charge in [0, 0.05) is 26.2 Å². The van der Waals surface area contributed by atoms with Crippen molar-refractivity contribution in [1.29, 1.82) is 0 Å². The molecule has 0 unspecified atom stereocenters. The van der Waals surface area contributed by atoms with E-state index in [9.17, 15) is 23.3 Å². The summed E-state index contributed by atoms with van der Waals surface area (Å²) in [5, 5.41) is 16.6. The molecule has 0 saturated carbocycles. The van der Waals surface area contributed by atoms with Gasteiger partial charge in [0.1, 0.15) is 5.69 Å². The molecule has 0 spiro atoms. The topological polar surface area (TPSA) is 122 Å². The average Bonchev–Trinajstić information content (AvgIpc) is 2.72. The summed E-state index contributed by atoms with van der Waals surface area (Å²) in [6.45, 7) is 1.47. The van der Waals surface area contributed by atoms with E-state index in [0.29, 0.717) is 6.42 Å². The van der Waals surface area contributed by atoms with Gasteiger partial charge in [-0.25, -0.2) is 8.42 Å². The molecule has 1 atom stereocenters. The SMILES string of the molecule is CNc1ccc(S(=O)(=O)N(C)CC(=O)N[C@H](C)CCc2ccccc2)cc1[N+](=O)[O-]. The van der Waals surface area contributed by atoms with Gasteiger partial charge in [-0.2, -0.15) is 4.31 Å². The summed E-state index contributed by atoms with van der Waals surface area (Å²) < 4.78 is 26.4. The number of nitrogens with zero attached hydrogens (tertiary/aromatic N) is 2. The highest BCUT2D eigenvalue weighted by Gasteiger charge is 2.26. The quantitative estimate of drug-likeness (QED) is 0.437. The normalized spacial score (nSPS) is 12.4. The van der Waals surface area contributed by atoms with Crippen LogP contribution in [0.25, 0.3) is 0 Å². The molecule has 1 amide bonds. The fourth-order valence-electron chi connectivity index (χ4n) is 2.92. The number of nitro groups is 1. The predicted octanol–water partition coefficient (Wildman–Crippen LogP) is 2.39. The van der Waals surface area contributed by atoms with Gasteiger partial charge in [-0.15, -0.1) is 0 Å². The van der Waals surface area contributed by atoms with Gasteiger partial charge >= 0.3 is 0 Å². The maximum atomic E-state index is 12.7. The van der Waals surface area contributed by atoms with Crippen molar-refractivity contribution < 1.29 is 18.1 Å². The van der Waals surface area contributed by atoms with Crippen LogP contribution in [0.1, 0.15) is 18.9 Å². The average molecular weight is 435 g/mol. The number of benzene rings is 2. The number of hydrogen-bond donors (Lipinski definition) is 2. The zero-order valence-corrected chi connectivity index (χ0v) is 18.0. The second-order valence-corrected chi connectivity index (χ2v) is 8.98. The van der Waals surface area contributed by atoms with Gasteiger partial charge in [0.15, 0.2) is 0 Å². The van der Waals surface area contributed by atoms with Crippen molar-refractivity contribution in [1.82, 2.24) is 9.62 Å². The largest absolute Gasteiger partial charge is 0.383 e. The van der Waals surface area contributed by atoms with Crippen molar-refractivity contribution in [3.63, 3.8) is 0 Å². The number of likely N-dealkylation sites (N-methyl/N-ethyl adjacent to an activating group) is 1. The number of sulfonamides is 1. The molecule has 9 nitrogen and oxygen atoms in total. The van der Waals surface area contributed by atoms with Gasteiger partial charge in [-0.05, 0) is 37.5 Å². The number of hydrogen-bond acceptors (Lipinski definition) is 6. The highest BCUT2D eigenvalue weighted by Crippen LogP contribution is 2.28. The first kappa shape index (κ1) is 23.3. The Labute approximate surface area is 176 Å². The molecule has 0 aliphatic carbocycles. The van der Waals surface area contributed by atoms with Gasteiger partial charge < -0.3 is 10.6 Å². The van der Waals surface area contributed by atoms with Crippen LogP contribution in [0.3, 0.4) is 0 Å². The molecular formula is C20H26N4O5S. The standard InChI is InChI=1S/C20H26N4O5S/c1-15(9-10-16-7-5-4-6-8-16)22-20(25)14-23(3)30(28,29)17-11-12-18(21-2)19(13-17)24(26)27/h4-8,11-13,15,21H,9-10,14H2,1-3H3,(H,22,25)/t15-/m1/s1. The molecular weight excluding hydrogens is 408 g/mol. The van der Waals surface area contributed by atoms with Gasteiger partial charge in [-0.1, -0.05) is 30.3 Å². The molecule has 10 heteroatoms. The molecule has 2 aromatic rings. The molecule has 2 aromatic carbocycles. The van der Waals surface area contributed by atoms with E-state index in [2.05, 4.69) is 10.6 Å². The number of nitro benzene ring substituents is 1. The fourth-order valence-corrected chi connectivity index (χ4v) is 4.07. The summed E-state index contributed by atoms with van der Waals surface area (Å²) in [7, 11) is -1.29. The minimum atomic E-state index is -4.07. The molecule has 0 bridgehead atoms. The zero-order chi connectivity index (χ0) is 22.3. The zero-order valence-electron chi connectivity index (χ0n) is 17.2. The number of carbonyl (C=O) groups is 1. The first-order chi connectivity index (χ1) is 14.1. The maximum Gasteiger partial charge on any atom is 0.293 e. The van der Waals surface area contributed by atoms with E-state index < -0.39 is 20.9 Å². The number of amides is 1. The lowest BCUT2D eigenvalue weighted by molar-refractivity contribution is -0.384. The number of anilines is 1. The van der Waals surface area contributed by atoms with Crippen LogP contribution in [-0.2, 0) is 21.2 Å². The van der Waals surface area contributed by atoms with Crippen LogP contribution >= 0.6 is 0 Å². The molecule has 0 saturated heterocycles. The summed E-state index contributed by atoms with van der Waals surface area (Å²) in [6, 6.07) is 13.3. The Morgan fingerprint density at radius 2 is 1.87 bits per heavy atom. The van der Waals surface area contributed by atoms with Crippen molar-refractivity contribution >= 4 is 27.3 Å². The number of aryl methyl sites for hydroxylation is 1. The third kappa shape index (κ3) is 6.01. The summed E-state index contributed by atoms with van der Waals surface area (Å²) in [5.41, 5.74) is 1.00. The Hall–Kier alpha value is -2.98. The third-order valence-corrected chi connectivity index (χ3v) is 6.43. The van der Waals surface area contributed by atoms with E-state index >= 15 is 0 Å². The maximum absolute atomic E-state index is 12.7. The lowest BCUT2D eigenvalue weighted by Gasteiger charge is -2.19. The van der Waals surface area contributed by atoms with Gasteiger partial charge in [0.25, 0.3) is 5.69 Å². The van der Waals surface area contributed by atoms with Gasteiger partial charge in [0.05, 0.1) is 16.4 Å². The van der Waals surface area contributed by atoms with Crippen molar-refractivity contribution in [3.8, 4) is 0 Å². The van der Waals surface area contributed by atoms with Crippen molar-refractivity contribution in [2.45, 2.75) is 30.7 Å². The number of rotatable bonds is 10. The second kappa shape index (κ2) is 10.2. The summed E-state index contributed by atoms with van der Waals surface area (Å²) in [4.78, 5) is 22.6. The Morgan fingerprint density at radius 1 is 1.20 bits per heavy atom. The van der Waals surface area contributed by atoms with Crippen LogP contribution < -0.4 is 10.6 Å². The molecule has 0 aromatic heterocycles. The van der Waals surface area contributed by atoms with Crippen molar-refractivity contribution in [2.24, 2.45) is 0 Å². The molecule has 0 radical (unpaired) electrons. The van der Waals surface area contributed by atoms with E-state index in [1.807, 2.05) is 37.3 Å². The van der Waals surface area contributed by atoms with E-state index in [1.165, 1.54) is 26.2 Å². The molecule has 2 N–H and O–H groups in total. The minimum absolute atomic E-state index is 0.134. The van der Waals surface area contributed by atoms with E-state index in [1.54, 1.807) is 0 Å². The monoisotopic (exact) mass is 434 g/mol. The molecule has 0 aliphatic heterocycles. The van der Waals surface area contributed by atoms with Crippen molar-refractivity contribution in [2.75, 3.05) is 26.0 Å². The van der Waals surface area contributed by atoms with E-state index in [4.69, 9.17) is 0 Å². The lowest BCUT2D eigenvalue weighted by Crippen LogP contribution is -2.41. The van der Waals surface area contributed by atoms with Crippen LogP contribution in [0.15, 0.2) is 53.4 Å². The van der Waals surface area contributed by atoms with Crippen molar-refractivity contribution in [3.05, 3.63) is 64.2 Å². The first-order valence-corrected chi connectivity index (χ1v) is 10.8. The Kier molecular flexibility index (Phi) is 7.90. The van der Waals surface area contributed by atoms with E-state index in [0.717, 1.165) is 22.4 Å². The van der Waals surface area contributed by atoms with Gasteiger partial charge in [0.2, 0.25) is 15.9 Å². The van der Waals surface area contributed by atoms with Crippen LogP contribution in [0, 0.1) is 10.1 Å². The fraction of sp³-hybridized carbons (Fsp3) is 0.350. The third-order valence-electron chi connectivity index (χ3n) is 4.63. The second-order valence-electron chi connectivity index (χ2n) is 6.94.